The molecule has 2 N–H and O–H groups in total. The van der Waals surface area contributed by atoms with Crippen LogP contribution in [0.3, 0.4) is 0 Å². The molecule has 0 atom stereocenters. The molecule has 0 aromatic heterocycles. The number of likely N-dealkylation sites (tertiary alicyclic amines) is 1. The van der Waals surface area contributed by atoms with Gasteiger partial charge >= 0.3 is 0 Å². The number of hydrogen-bond donors (Lipinski definition) is 2. The van der Waals surface area contributed by atoms with Crippen LogP contribution in [0.5, 0.6) is 5.75 Å². The van der Waals surface area contributed by atoms with Gasteiger partial charge in [0.05, 0.1) is 12.2 Å². The van der Waals surface area contributed by atoms with Crippen LogP contribution in [0, 0.1) is 5.92 Å². The number of amides is 1. The summed E-state index contributed by atoms with van der Waals surface area (Å²) >= 11 is 0. The van der Waals surface area contributed by atoms with Gasteiger partial charge in [0, 0.05) is 30.8 Å². The normalized spacial score (nSPS) is 17.7. The first-order chi connectivity index (χ1) is 15.2. The van der Waals surface area contributed by atoms with Gasteiger partial charge in [-0.2, -0.15) is 0 Å². The van der Waals surface area contributed by atoms with E-state index in [4.69, 9.17) is 4.74 Å². The van der Waals surface area contributed by atoms with E-state index >= 15 is 0 Å². The quantitative estimate of drug-likeness (QED) is 0.691. The topological polar surface area (TPSA) is 95.9 Å². The molecule has 1 amide bonds. The van der Waals surface area contributed by atoms with E-state index in [-0.39, 0.29) is 10.8 Å². The number of piperidine rings is 1. The fraction of sp³-hybridized carbons (Fsp3) is 0.458. The van der Waals surface area contributed by atoms with E-state index in [1.807, 2.05) is 6.07 Å². The van der Waals surface area contributed by atoms with E-state index in [2.05, 4.69) is 18.6 Å². The van der Waals surface area contributed by atoms with Crippen molar-refractivity contribution in [3.8, 4) is 5.75 Å². The van der Waals surface area contributed by atoms with Crippen LogP contribution in [0.25, 0.3) is 0 Å². The van der Waals surface area contributed by atoms with E-state index in [1.54, 1.807) is 35.2 Å². The Morgan fingerprint density at radius 1 is 1.16 bits per heavy atom. The van der Waals surface area contributed by atoms with Crippen molar-refractivity contribution in [3.63, 3.8) is 0 Å². The molecular formula is C24H30N2O5S. The predicted molar refractivity (Wildman–Crippen MR) is 122 cm³/mol. The van der Waals surface area contributed by atoms with Gasteiger partial charge in [0.1, 0.15) is 10.6 Å². The molecule has 2 aliphatic heterocycles. The van der Waals surface area contributed by atoms with Gasteiger partial charge < -0.3 is 14.7 Å². The van der Waals surface area contributed by atoms with Crippen molar-refractivity contribution in [2.75, 3.05) is 24.4 Å². The minimum absolute atomic E-state index is 0.111. The summed E-state index contributed by atoms with van der Waals surface area (Å²) in [7, 11) is -3.81. The predicted octanol–water partition coefficient (Wildman–Crippen LogP) is 3.44. The summed E-state index contributed by atoms with van der Waals surface area (Å²) in [5, 5.41) is 10.7. The van der Waals surface area contributed by atoms with E-state index in [0.717, 1.165) is 12.0 Å². The number of hydrogen-bond acceptors (Lipinski definition) is 5. The van der Waals surface area contributed by atoms with Crippen LogP contribution in [-0.4, -0.2) is 49.6 Å². The number of aliphatic hydroxyl groups is 1. The van der Waals surface area contributed by atoms with Gasteiger partial charge in [0.25, 0.3) is 15.9 Å². The maximum absolute atomic E-state index is 12.9. The second-order valence-corrected chi connectivity index (χ2v) is 10.8. The van der Waals surface area contributed by atoms with Crippen molar-refractivity contribution in [2.24, 2.45) is 5.92 Å². The molecule has 2 aliphatic rings. The summed E-state index contributed by atoms with van der Waals surface area (Å²) < 4.78 is 33.8. The number of carbonyl (C=O) groups is 1. The van der Waals surface area contributed by atoms with Gasteiger partial charge in [-0.1, -0.05) is 26.0 Å². The van der Waals surface area contributed by atoms with Crippen LogP contribution in [0.2, 0.25) is 0 Å². The number of fused-ring (bicyclic) bond motifs is 1. The molecule has 172 valence electrons. The molecule has 0 spiro atoms. The number of rotatable bonds is 6. The number of carbonyl (C=O) groups excluding carboxylic acids is 1. The Balaban J connectivity index is 1.42. The minimum atomic E-state index is -3.81. The van der Waals surface area contributed by atoms with Crippen molar-refractivity contribution in [3.05, 3.63) is 53.6 Å². The van der Waals surface area contributed by atoms with Crippen LogP contribution in [0.1, 0.15) is 49.0 Å². The Hall–Kier alpha value is -2.58. The fourth-order valence-corrected chi connectivity index (χ4v) is 5.81. The van der Waals surface area contributed by atoms with E-state index in [9.17, 15) is 18.3 Å². The molecule has 0 radical (unpaired) electrons. The summed E-state index contributed by atoms with van der Waals surface area (Å²) in [6, 6.07) is 11.5. The number of para-hydroxylation sites is 1. The fourth-order valence-electron chi connectivity index (χ4n) is 4.56. The number of nitrogens with zero attached hydrogens (tertiary/aromatic N) is 1. The maximum Gasteiger partial charge on any atom is 0.265 e. The minimum Gasteiger partial charge on any atom is -0.492 e. The van der Waals surface area contributed by atoms with Gasteiger partial charge in [0.15, 0.2) is 0 Å². The molecule has 2 heterocycles. The highest BCUT2D eigenvalue weighted by Crippen LogP contribution is 2.34. The smallest absolute Gasteiger partial charge is 0.265 e. The van der Waals surface area contributed by atoms with Crippen LogP contribution in [-0.2, 0) is 16.4 Å². The largest absolute Gasteiger partial charge is 0.492 e. The lowest BCUT2D eigenvalue weighted by molar-refractivity contribution is -0.0311. The Morgan fingerprint density at radius 3 is 2.50 bits per heavy atom. The SMILES string of the molecule is CC(C)CC1(O)CCN(C(=O)c2ccc(NS(=O)(=O)c3cccc4c3OCC4)cc2)CC1. The zero-order valence-corrected chi connectivity index (χ0v) is 19.3. The maximum atomic E-state index is 12.9. The second kappa shape index (κ2) is 8.75. The summed E-state index contributed by atoms with van der Waals surface area (Å²) in [6.07, 6.45) is 2.57. The highest BCUT2D eigenvalue weighted by atomic mass is 32.2. The summed E-state index contributed by atoms with van der Waals surface area (Å²) in [4.78, 5) is 14.7. The van der Waals surface area contributed by atoms with E-state index in [0.29, 0.717) is 61.9 Å². The Kier molecular flexibility index (Phi) is 6.18. The van der Waals surface area contributed by atoms with Crippen molar-refractivity contribution in [1.82, 2.24) is 4.90 Å². The molecule has 32 heavy (non-hydrogen) atoms. The lowest BCUT2D eigenvalue weighted by Crippen LogP contribution is -2.47. The number of anilines is 1. The Bertz CT molecular complexity index is 1090. The molecule has 1 fully saturated rings. The molecular weight excluding hydrogens is 428 g/mol. The molecule has 7 nitrogen and oxygen atoms in total. The number of ether oxygens (including phenoxy) is 1. The average Bonchev–Trinajstić information content (AvgIpc) is 3.22. The molecule has 2 aromatic rings. The first-order valence-electron chi connectivity index (χ1n) is 11.1. The molecule has 0 aliphatic carbocycles. The van der Waals surface area contributed by atoms with Crippen molar-refractivity contribution >= 4 is 21.6 Å². The molecule has 0 saturated carbocycles. The van der Waals surface area contributed by atoms with Gasteiger partial charge in [-0.05, 0) is 61.1 Å². The highest BCUT2D eigenvalue weighted by Gasteiger charge is 2.34. The van der Waals surface area contributed by atoms with Crippen LogP contribution in [0.4, 0.5) is 5.69 Å². The summed E-state index contributed by atoms with van der Waals surface area (Å²) in [6.45, 7) is 5.67. The molecule has 2 aromatic carbocycles. The lowest BCUT2D eigenvalue weighted by atomic mass is 9.84. The van der Waals surface area contributed by atoms with Crippen LogP contribution < -0.4 is 9.46 Å². The molecule has 4 rings (SSSR count). The highest BCUT2D eigenvalue weighted by molar-refractivity contribution is 7.92. The third-order valence-corrected chi connectivity index (χ3v) is 7.53. The number of benzene rings is 2. The first kappa shape index (κ1) is 22.6. The van der Waals surface area contributed by atoms with E-state index < -0.39 is 15.6 Å². The van der Waals surface area contributed by atoms with Crippen molar-refractivity contribution < 1.29 is 23.1 Å². The van der Waals surface area contributed by atoms with E-state index in [1.165, 1.54) is 6.07 Å². The third-order valence-electron chi connectivity index (χ3n) is 6.12. The average molecular weight is 459 g/mol. The Morgan fingerprint density at radius 2 is 1.84 bits per heavy atom. The van der Waals surface area contributed by atoms with Gasteiger partial charge in [-0.3, -0.25) is 9.52 Å². The Labute approximate surface area is 189 Å². The van der Waals surface area contributed by atoms with Crippen molar-refractivity contribution in [1.29, 1.82) is 0 Å². The zero-order chi connectivity index (χ0) is 22.9. The summed E-state index contributed by atoms with van der Waals surface area (Å²) in [5.41, 5.74) is 1.05. The number of sulfonamides is 1. The second-order valence-electron chi connectivity index (χ2n) is 9.14. The van der Waals surface area contributed by atoms with Gasteiger partial charge in [-0.15, -0.1) is 0 Å². The molecule has 0 unspecified atom stereocenters. The van der Waals surface area contributed by atoms with Crippen LogP contribution >= 0.6 is 0 Å². The molecule has 1 saturated heterocycles. The monoisotopic (exact) mass is 458 g/mol. The zero-order valence-electron chi connectivity index (χ0n) is 18.5. The van der Waals surface area contributed by atoms with Crippen molar-refractivity contribution in [2.45, 2.75) is 50.0 Å². The molecule has 0 bridgehead atoms. The molecule has 8 heteroatoms. The van der Waals surface area contributed by atoms with Crippen LogP contribution in [0.15, 0.2) is 47.4 Å². The third kappa shape index (κ3) is 4.76. The van der Waals surface area contributed by atoms with Gasteiger partial charge in [0.2, 0.25) is 0 Å². The lowest BCUT2D eigenvalue weighted by Gasteiger charge is -2.39. The summed E-state index contributed by atoms with van der Waals surface area (Å²) in [5.74, 6) is 0.705. The standard InChI is InChI=1S/C24H30N2O5S/c1-17(2)16-24(28)11-13-26(14-12-24)23(27)19-6-8-20(9-7-19)25-32(29,30)21-5-3-4-18-10-15-31-22(18)21/h3-9,17,25,28H,10-16H2,1-2H3. The first-order valence-corrected chi connectivity index (χ1v) is 12.5. The number of nitrogens with one attached hydrogen (secondary N) is 1. The van der Waals surface area contributed by atoms with Gasteiger partial charge in [-0.25, -0.2) is 8.42 Å².